The molecule has 0 atom stereocenters. The lowest BCUT2D eigenvalue weighted by Crippen LogP contribution is -1.88. The molecule has 3 heteroatoms. The number of thioether (sulfide) groups is 1. The molecular weight excluding hydrogens is 222 g/mol. The Labute approximate surface area is 98.7 Å². The lowest BCUT2D eigenvalue weighted by molar-refractivity contribution is 1.11. The molecule has 1 aromatic heterocycles. The van der Waals surface area contributed by atoms with E-state index in [0.29, 0.717) is 5.25 Å². The summed E-state index contributed by atoms with van der Waals surface area (Å²) in [5, 5.41) is 4.26. The molecule has 0 unspecified atom stereocenters. The number of benzene rings is 1. The predicted molar refractivity (Wildman–Crippen MR) is 72.7 cm³/mol. The van der Waals surface area contributed by atoms with E-state index in [4.69, 9.17) is 5.73 Å². The van der Waals surface area contributed by atoms with Gasteiger partial charge in [-0.05, 0) is 39.8 Å². The molecule has 2 N–H and O–H groups in total. The first-order valence-electron chi connectivity index (χ1n) is 5.04. The van der Waals surface area contributed by atoms with Crippen molar-refractivity contribution in [1.82, 2.24) is 0 Å². The molecule has 0 aliphatic heterocycles. The van der Waals surface area contributed by atoms with Crippen molar-refractivity contribution in [2.24, 2.45) is 0 Å². The van der Waals surface area contributed by atoms with E-state index >= 15 is 0 Å². The molecule has 15 heavy (non-hydrogen) atoms. The summed E-state index contributed by atoms with van der Waals surface area (Å²) in [6, 6.07) is 6.17. The van der Waals surface area contributed by atoms with Gasteiger partial charge >= 0.3 is 0 Å². The smallest absolute Gasteiger partial charge is 0.0347 e. The predicted octanol–water partition coefficient (Wildman–Crippen LogP) is 4.13. The van der Waals surface area contributed by atoms with Crippen LogP contribution in [0.2, 0.25) is 0 Å². The number of fused-ring (bicyclic) bond motifs is 1. The SMILES string of the molecule is CC(C)SCc1csc2ccc(N)cc12. The van der Waals surface area contributed by atoms with Gasteiger partial charge in [-0.25, -0.2) is 0 Å². The second kappa shape index (κ2) is 4.45. The zero-order chi connectivity index (χ0) is 10.8. The molecule has 2 rings (SSSR count). The summed E-state index contributed by atoms with van der Waals surface area (Å²) in [5.41, 5.74) is 8.08. The molecule has 0 spiro atoms. The Hall–Kier alpha value is -0.670. The molecular formula is C12H15NS2. The Balaban J connectivity index is 2.31. The van der Waals surface area contributed by atoms with Crippen molar-refractivity contribution >= 4 is 38.9 Å². The van der Waals surface area contributed by atoms with Gasteiger partial charge in [0.2, 0.25) is 0 Å². The second-order valence-electron chi connectivity index (χ2n) is 3.88. The zero-order valence-electron chi connectivity index (χ0n) is 8.99. The summed E-state index contributed by atoms with van der Waals surface area (Å²) in [6.07, 6.45) is 0. The monoisotopic (exact) mass is 237 g/mol. The molecule has 80 valence electrons. The van der Waals surface area contributed by atoms with E-state index in [9.17, 15) is 0 Å². The summed E-state index contributed by atoms with van der Waals surface area (Å²) in [7, 11) is 0. The van der Waals surface area contributed by atoms with Crippen LogP contribution in [0.25, 0.3) is 10.1 Å². The minimum atomic E-state index is 0.681. The molecule has 0 bridgehead atoms. The van der Waals surface area contributed by atoms with Crippen molar-refractivity contribution in [2.75, 3.05) is 5.73 Å². The number of hydrogen-bond donors (Lipinski definition) is 1. The van der Waals surface area contributed by atoms with Crippen molar-refractivity contribution in [3.05, 3.63) is 29.1 Å². The van der Waals surface area contributed by atoms with Crippen molar-refractivity contribution in [1.29, 1.82) is 0 Å². The third kappa shape index (κ3) is 2.47. The van der Waals surface area contributed by atoms with Crippen LogP contribution in [0.5, 0.6) is 0 Å². The first-order chi connectivity index (χ1) is 7.16. The van der Waals surface area contributed by atoms with Crippen LogP contribution in [0.3, 0.4) is 0 Å². The highest BCUT2D eigenvalue weighted by Crippen LogP contribution is 2.31. The molecule has 1 aromatic carbocycles. The van der Waals surface area contributed by atoms with Gasteiger partial charge in [0.25, 0.3) is 0 Å². The van der Waals surface area contributed by atoms with Gasteiger partial charge in [0.15, 0.2) is 0 Å². The van der Waals surface area contributed by atoms with Crippen LogP contribution >= 0.6 is 23.1 Å². The van der Waals surface area contributed by atoms with Gasteiger partial charge in [-0.1, -0.05) is 13.8 Å². The number of anilines is 1. The Bertz CT molecular complexity index is 460. The molecule has 2 aromatic rings. The van der Waals surface area contributed by atoms with E-state index in [1.807, 2.05) is 17.8 Å². The van der Waals surface area contributed by atoms with Crippen molar-refractivity contribution in [3.63, 3.8) is 0 Å². The van der Waals surface area contributed by atoms with E-state index < -0.39 is 0 Å². The highest BCUT2D eigenvalue weighted by molar-refractivity contribution is 7.99. The van der Waals surface area contributed by atoms with Crippen molar-refractivity contribution in [2.45, 2.75) is 24.9 Å². The Morgan fingerprint density at radius 2 is 2.20 bits per heavy atom. The van der Waals surface area contributed by atoms with Crippen LogP contribution < -0.4 is 5.73 Å². The van der Waals surface area contributed by atoms with Crippen LogP contribution in [-0.4, -0.2) is 5.25 Å². The number of nitrogens with two attached hydrogens (primary N) is 1. The van der Waals surface area contributed by atoms with E-state index in [-0.39, 0.29) is 0 Å². The summed E-state index contributed by atoms with van der Waals surface area (Å²) in [6.45, 7) is 4.46. The molecule has 0 amide bonds. The standard InChI is InChI=1S/C12H15NS2/c1-8(2)14-6-9-7-15-12-4-3-10(13)5-11(9)12/h3-5,7-8H,6,13H2,1-2H3. The number of hydrogen-bond acceptors (Lipinski definition) is 3. The minimum Gasteiger partial charge on any atom is -0.399 e. The number of nitrogen functional groups attached to an aromatic ring is 1. The van der Waals surface area contributed by atoms with Gasteiger partial charge in [0, 0.05) is 16.1 Å². The van der Waals surface area contributed by atoms with Gasteiger partial charge < -0.3 is 5.73 Å². The van der Waals surface area contributed by atoms with Gasteiger partial charge in [-0.15, -0.1) is 11.3 Å². The lowest BCUT2D eigenvalue weighted by Gasteiger charge is -2.03. The molecule has 0 fully saturated rings. The molecule has 0 radical (unpaired) electrons. The molecule has 0 saturated carbocycles. The largest absolute Gasteiger partial charge is 0.399 e. The minimum absolute atomic E-state index is 0.681. The van der Waals surface area contributed by atoms with Gasteiger partial charge in [0.05, 0.1) is 0 Å². The highest BCUT2D eigenvalue weighted by Gasteiger charge is 2.05. The van der Waals surface area contributed by atoms with E-state index in [0.717, 1.165) is 11.4 Å². The fourth-order valence-corrected chi connectivity index (χ4v) is 3.27. The van der Waals surface area contributed by atoms with E-state index in [1.165, 1.54) is 15.6 Å². The molecule has 1 heterocycles. The Kier molecular flexibility index (Phi) is 3.22. The van der Waals surface area contributed by atoms with Gasteiger partial charge in [-0.3, -0.25) is 0 Å². The maximum Gasteiger partial charge on any atom is 0.0347 e. The molecule has 1 nitrogen and oxygen atoms in total. The van der Waals surface area contributed by atoms with Crippen molar-refractivity contribution in [3.8, 4) is 0 Å². The summed E-state index contributed by atoms with van der Waals surface area (Å²) in [4.78, 5) is 0. The summed E-state index contributed by atoms with van der Waals surface area (Å²) >= 11 is 3.78. The fourth-order valence-electron chi connectivity index (χ4n) is 1.47. The van der Waals surface area contributed by atoms with Crippen molar-refractivity contribution < 1.29 is 0 Å². The maximum atomic E-state index is 5.81. The zero-order valence-corrected chi connectivity index (χ0v) is 10.6. The Morgan fingerprint density at radius 1 is 1.40 bits per heavy atom. The van der Waals surface area contributed by atoms with E-state index in [2.05, 4.69) is 31.4 Å². The number of thiophene rings is 1. The normalized spacial score (nSPS) is 11.4. The van der Waals surface area contributed by atoms with Crippen LogP contribution in [-0.2, 0) is 5.75 Å². The average Bonchev–Trinajstić information content (AvgIpc) is 2.57. The summed E-state index contributed by atoms with van der Waals surface area (Å²) < 4.78 is 1.34. The third-order valence-electron chi connectivity index (χ3n) is 2.25. The van der Waals surface area contributed by atoms with Crippen LogP contribution in [0, 0.1) is 0 Å². The topological polar surface area (TPSA) is 26.0 Å². The van der Waals surface area contributed by atoms with Gasteiger partial charge in [0.1, 0.15) is 0 Å². The molecule has 0 aliphatic rings. The maximum absolute atomic E-state index is 5.81. The lowest BCUT2D eigenvalue weighted by atomic mass is 10.2. The van der Waals surface area contributed by atoms with Gasteiger partial charge in [-0.2, -0.15) is 11.8 Å². The number of rotatable bonds is 3. The quantitative estimate of drug-likeness (QED) is 0.812. The molecule has 0 saturated heterocycles. The van der Waals surface area contributed by atoms with Crippen LogP contribution in [0.15, 0.2) is 23.6 Å². The highest BCUT2D eigenvalue weighted by atomic mass is 32.2. The van der Waals surface area contributed by atoms with E-state index in [1.54, 1.807) is 11.3 Å². The summed E-state index contributed by atoms with van der Waals surface area (Å²) in [5.74, 6) is 1.08. The second-order valence-corrected chi connectivity index (χ2v) is 6.35. The Morgan fingerprint density at radius 3 is 2.93 bits per heavy atom. The van der Waals surface area contributed by atoms with Crippen LogP contribution in [0.4, 0.5) is 5.69 Å². The van der Waals surface area contributed by atoms with Crippen LogP contribution in [0.1, 0.15) is 19.4 Å². The first kappa shape index (κ1) is 10.8. The average molecular weight is 237 g/mol. The first-order valence-corrected chi connectivity index (χ1v) is 6.97. The molecule has 0 aliphatic carbocycles. The third-order valence-corrected chi connectivity index (χ3v) is 4.41. The fraction of sp³-hybridized carbons (Fsp3) is 0.333.